The maximum Gasteiger partial charge on any atom is 0.450 e. The van der Waals surface area contributed by atoms with Crippen LogP contribution in [0.5, 0.6) is 0 Å². The van der Waals surface area contributed by atoms with E-state index in [4.69, 9.17) is 16.3 Å². The van der Waals surface area contributed by atoms with Gasteiger partial charge in [0.1, 0.15) is 0 Å². The zero-order valence-electron chi connectivity index (χ0n) is 18.4. The van der Waals surface area contributed by atoms with E-state index in [0.29, 0.717) is 0 Å². The predicted octanol–water partition coefficient (Wildman–Crippen LogP) is 6.88. The highest BCUT2D eigenvalue weighted by Crippen LogP contribution is 2.25. The number of benzene rings is 1. The molecule has 1 N–H and O–H groups in total. The van der Waals surface area contributed by atoms with Crippen LogP contribution in [0.4, 0.5) is 18.9 Å². The molecule has 9 heteroatoms. The number of hydrogen-bond donors (Lipinski definition) is 1. The van der Waals surface area contributed by atoms with Crippen molar-refractivity contribution in [2.45, 2.75) is 83.7 Å². The average Bonchev–Trinajstić information content (AvgIpc) is 2.72. The summed E-state index contributed by atoms with van der Waals surface area (Å²) in [5, 5.41) is 2.14. The van der Waals surface area contributed by atoms with Gasteiger partial charge in [-0.05, 0) is 24.6 Å². The largest absolute Gasteiger partial charge is 0.462 e. The van der Waals surface area contributed by atoms with Crippen molar-refractivity contribution in [1.82, 2.24) is 0 Å². The second kappa shape index (κ2) is 14.9. The minimum absolute atomic E-state index is 0.0176. The lowest BCUT2D eigenvalue weighted by atomic mass is 10.1. The first-order chi connectivity index (χ1) is 15.1. The Hall–Kier alpha value is -2.09. The highest BCUT2D eigenvalue weighted by atomic mass is 35.5. The molecule has 0 heterocycles. The summed E-state index contributed by atoms with van der Waals surface area (Å²) < 4.78 is 42.0. The van der Waals surface area contributed by atoms with Gasteiger partial charge in [0.25, 0.3) is 0 Å². The van der Waals surface area contributed by atoms with Crippen LogP contribution in [-0.2, 0) is 14.3 Å². The Morgan fingerprint density at radius 3 is 2.06 bits per heavy atom. The number of halogens is 4. The number of carbonyl (C=O) groups is 3. The lowest BCUT2D eigenvalue weighted by Gasteiger charge is -2.10. The zero-order chi connectivity index (χ0) is 24.0. The standard InChI is InChI=1S/C23H31ClF3NO4/c1-2-3-4-5-6-7-8-9-10-11-14-32-22(31)17-12-13-18(24)19(15-17)28-21(30)16-20(29)23(25,26)27/h12-13,15H,2-11,14,16H2,1H3,(H,28,30). The van der Waals surface area contributed by atoms with E-state index in [9.17, 15) is 27.6 Å². The summed E-state index contributed by atoms with van der Waals surface area (Å²) in [5.41, 5.74) is 0.0268. The molecular formula is C23H31ClF3NO4. The first-order valence-corrected chi connectivity index (χ1v) is 11.4. The molecule has 1 rings (SSSR count). The maximum atomic E-state index is 12.3. The molecule has 0 radical (unpaired) electrons. The second-order valence-corrected chi connectivity index (χ2v) is 8.07. The molecule has 0 saturated carbocycles. The molecule has 0 atom stereocenters. The quantitative estimate of drug-likeness (QED) is 0.170. The minimum Gasteiger partial charge on any atom is -0.462 e. The van der Waals surface area contributed by atoms with Gasteiger partial charge in [-0.25, -0.2) is 4.79 Å². The lowest BCUT2D eigenvalue weighted by molar-refractivity contribution is -0.171. The third kappa shape index (κ3) is 11.5. The van der Waals surface area contributed by atoms with Gasteiger partial charge < -0.3 is 10.1 Å². The Kier molecular flexibility index (Phi) is 13.0. The number of Topliss-reactive ketones (excluding diaryl/α,β-unsaturated/α-hetero) is 1. The number of hydrogen-bond acceptors (Lipinski definition) is 4. The molecule has 0 aliphatic carbocycles. The molecule has 0 aromatic heterocycles. The molecule has 0 fully saturated rings. The summed E-state index contributed by atoms with van der Waals surface area (Å²) in [4.78, 5) is 34.8. The number of ether oxygens (including phenoxy) is 1. The van der Waals surface area contributed by atoms with E-state index in [1.54, 1.807) is 0 Å². The van der Waals surface area contributed by atoms with Crippen LogP contribution in [0.2, 0.25) is 5.02 Å². The third-order valence-corrected chi connectivity index (χ3v) is 5.17. The van der Waals surface area contributed by atoms with Crippen LogP contribution in [0.15, 0.2) is 18.2 Å². The van der Waals surface area contributed by atoms with Crippen LogP contribution in [0.1, 0.15) is 87.9 Å². The molecule has 1 amide bonds. The third-order valence-electron chi connectivity index (χ3n) is 4.84. The smallest absolute Gasteiger partial charge is 0.450 e. The summed E-state index contributed by atoms with van der Waals surface area (Å²) in [5.74, 6) is -3.97. The van der Waals surface area contributed by atoms with Crippen molar-refractivity contribution in [2.75, 3.05) is 11.9 Å². The molecule has 0 saturated heterocycles. The summed E-state index contributed by atoms with van der Waals surface area (Å²) in [7, 11) is 0. The van der Waals surface area contributed by atoms with Gasteiger partial charge in [-0.3, -0.25) is 9.59 Å². The van der Waals surface area contributed by atoms with Crippen molar-refractivity contribution in [2.24, 2.45) is 0 Å². The van der Waals surface area contributed by atoms with E-state index in [2.05, 4.69) is 12.2 Å². The molecule has 0 aliphatic rings. The number of amides is 1. The number of rotatable bonds is 15. The molecule has 0 spiro atoms. The van der Waals surface area contributed by atoms with Gasteiger partial charge in [0.05, 0.1) is 29.3 Å². The summed E-state index contributed by atoms with van der Waals surface area (Å²) in [6.07, 6.45) is 5.08. The number of anilines is 1. The molecular weight excluding hydrogens is 447 g/mol. The average molecular weight is 478 g/mol. The number of alkyl halides is 3. The van der Waals surface area contributed by atoms with E-state index in [-0.39, 0.29) is 22.9 Å². The van der Waals surface area contributed by atoms with Crippen LogP contribution < -0.4 is 5.32 Å². The number of carbonyl (C=O) groups excluding carboxylic acids is 3. The molecule has 5 nitrogen and oxygen atoms in total. The van der Waals surface area contributed by atoms with Crippen molar-refractivity contribution < 1.29 is 32.3 Å². The van der Waals surface area contributed by atoms with E-state index in [0.717, 1.165) is 25.7 Å². The van der Waals surface area contributed by atoms with Crippen LogP contribution in [0, 0.1) is 0 Å². The monoisotopic (exact) mass is 477 g/mol. The highest BCUT2D eigenvalue weighted by molar-refractivity contribution is 6.34. The fraction of sp³-hybridized carbons (Fsp3) is 0.609. The van der Waals surface area contributed by atoms with Crippen molar-refractivity contribution in [3.63, 3.8) is 0 Å². The zero-order valence-corrected chi connectivity index (χ0v) is 19.1. The molecule has 0 unspecified atom stereocenters. The molecule has 32 heavy (non-hydrogen) atoms. The topological polar surface area (TPSA) is 72.5 Å². The molecule has 1 aromatic rings. The van der Waals surface area contributed by atoms with Crippen molar-refractivity contribution in [3.05, 3.63) is 28.8 Å². The molecule has 1 aromatic carbocycles. The van der Waals surface area contributed by atoms with Crippen molar-refractivity contribution in [3.8, 4) is 0 Å². The Bertz CT molecular complexity index is 753. The summed E-state index contributed by atoms with van der Waals surface area (Å²) >= 11 is 5.92. The van der Waals surface area contributed by atoms with Crippen LogP contribution in [0.25, 0.3) is 0 Å². The summed E-state index contributed by atoms with van der Waals surface area (Å²) in [6.45, 7) is 2.45. The fourth-order valence-corrected chi connectivity index (χ4v) is 3.19. The highest BCUT2D eigenvalue weighted by Gasteiger charge is 2.39. The lowest BCUT2D eigenvalue weighted by Crippen LogP contribution is -2.28. The van der Waals surface area contributed by atoms with Gasteiger partial charge in [-0.15, -0.1) is 0 Å². The fourth-order valence-electron chi connectivity index (χ4n) is 3.03. The van der Waals surface area contributed by atoms with Crippen LogP contribution in [-0.4, -0.2) is 30.4 Å². The van der Waals surface area contributed by atoms with Gasteiger partial charge in [0, 0.05) is 0 Å². The normalized spacial score (nSPS) is 11.3. The predicted molar refractivity (Wildman–Crippen MR) is 118 cm³/mol. The van der Waals surface area contributed by atoms with Gasteiger partial charge in [0.2, 0.25) is 11.7 Å². The number of nitrogens with one attached hydrogen (secondary N) is 1. The van der Waals surface area contributed by atoms with E-state index < -0.39 is 30.3 Å². The second-order valence-electron chi connectivity index (χ2n) is 7.66. The van der Waals surface area contributed by atoms with E-state index in [1.807, 2.05) is 0 Å². The van der Waals surface area contributed by atoms with Crippen LogP contribution in [0.3, 0.4) is 0 Å². The van der Waals surface area contributed by atoms with Gasteiger partial charge >= 0.3 is 12.1 Å². The maximum absolute atomic E-state index is 12.3. The van der Waals surface area contributed by atoms with Crippen molar-refractivity contribution >= 4 is 34.9 Å². The van der Waals surface area contributed by atoms with Crippen LogP contribution >= 0.6 is 11.6 Å². The SMILES string of the molecule is CCCCCCCCCCCCOC(=O)c1ccc(Cl)c(NC(=O)CC(=O)C(F)(F)F)c1. The molecule has 0 bridgehead atoms. The van der Waals surface area contributed by atoms with E-state index >= 15 is 0 Å². The first-order valence-electron chi connectivity index (χ1n) is 11.0. The Morgan fingerprint density at radius 2 is 1.50 bits per heavy atom. The van der Waals surface area contributed by atoms with Gasteiger partial charge in [0.15, 0.2) is 0 Å². The van der Waals surface area contributed by atoms with E-state index in [1.165, 1.54) is 56.7 Å². The number of ketones is 1. The molecule has 180 valence electrons. The first kappa shape index (κ1) is 27.9. The number of esters is 1. The Balaban J connectivity index is 2.35. The Morgan fingerprint density at radius 1 is 0.938 bits per heavy atom. The van der Waals surface area contributed by atoms with Crippen molar-refractivity contribution in [1.29, 1.82) is 0 Å². The Labute approximate surface area is 192 Å². The summed E-state index contributed by atoms with van der Waals surface area (Å²) in [6, 6.07) is 3.92. The minimum atomic E-state index is -5.10. The molecule has 0 aliphatic heterocycles. The van der Waals surface area contributed by atoms with Gasteiger partial charge in [-0.1, -0.05) is 76.3 Å². The number of unbranched alkanes of at least 4 members (excludes halogenated alkanes) is 9. The van der Waals surface area contributed by atoms with Gasteiger partial charge in [-0.2, -0.15) is 13.2 Å².